The minimum absolute atomic E-state index is 0.326. The summed E-state index contributed by atoms with van der Waals surface area (Å²) in [6, 6.07) is 13.1. The van der Waals surface area contributed by atoms with Crippen LogP contribution in [0, 0.1) is 0 Å². The van der Waals surface area contributed by atoms with Gasteiger partial charge in [-0.25, -0.2) is 9.97 Å². The number of imidazole rings is 1. The van der Waals surface area contributed by atoms with Crippen molar-refractivity contribution in [2.24, 2.45) is 5.73 Å². The Hall–Kier alpha value is -3.74. The van der Waals surface area contributed by atoms with Gasteiger partial charge in [0, 0.05) is 29.6 Å². The fourth-order valence-corrected chi connectivity index (χ4v) is 2.82. The lowest BCUT2D eigenvalue weighted by atomic mass is 10.0. The van der Waals surface area contributed by atoms with Gasteiger partial charge < -0.3 is 10.5 Å². The Kier molecular flexibility index (Phi) is 3.81. The Balaban J connectivity index is 1.90. The highest BCUT2D eigenvalue weighted by atomic mass is 16.5. The predicted molar refractivity (Wildman–Crippen MR) is 96.7 cm³/mol. The molecule has 0 spiro atoms. The van der Waals surface area contributed by atoms with Crippen LogP contribution in [-0.4, -0.2) is 32.4 Å². The molecule has 26 heavy (non-hydrogen) atoms. The third kappa shape index (κ3) is 2.65. The van der Waals surface area contributed by atoms with Gasteiger partial charge in [0.15, 0.2) is 0 Å². The molecule has 0 aromatic carbocycles. The monoisotopic (exact) mass is 345 g/mol. The van der Waals surface area contributed by atoms with Crippen LogP contribution in [0.15, 0.2) is 61.1 Å². The van der Waals surface area contributed by atoms with Crippen LogP contribution < -0.4 is 10.5 Å². The summed E-state index contributed by atoms with van der Waals surface area (Å²) in [5, 5.41) is 0. The second-order valence-corrected chi connectivity index (χ2v) is 5.62. The van der Waals surface area contributed by atoms with Gasteiger partial charge in [0.1, 0.15) is 11.3 Å². The molecule has 0 saturated carbocycles. The van der Waals surface area contributed by atoms with E-state index < -0.39 is 5.91 Å². The van der Waals surface area contributed by atoms with E-state index in [0.29, 0.717) is 28.6 Å². The van der Waals surface area contributed by atoms with Crippen LogP contribution in [0.4, 0.5) is 0 Å². The lowest BCUT2D eigenvalue weighted by molar-refractivity contribution is 0.0995. The molecule has 7 heteroatoms. The van der Waals surface area contributed by atoms with Gasteiger partial charge in [0.2, 0.25) is 5.88 Å². The van der Waals surface area contributed by atoms with Crippen molar-refractivity contribution in [3.63, 3.8) is 0 Å². The number of hydrogen-bond acceptors (Lipinski definition) is 5. The van der Waals surface area contributed by atoms with Gasteiger partial charge in [-0.15, -0.1) is 0 Å². The van der Waals surface area contributed by atoms with Crippen LogP contribution in [0.3, 0.4) is 0 Å². The number of carbonyl (C=O) groups excluding carboxylic acids is 1. The first kappa shape index (κ1) is 15.8. The Morgan fingerprint density at radius 3 is 2.81 bits per heavy atom. The number of fused-ring (bicyclic) bond motifs is 1. The predicted octanol–water partition coefficient (Wildman–Crippen LogP) is 2.57. The number of hydrogen-bond donors (Lipinski definition) is 1. The maximum absolute atomic E-state index is 11.6. The van der Waals surface area contributed by atoms with Gasteiger partial charge in [0.05, 0.1) is 24.7 Å². The van der Waals surface area contributed by atoms with E-state index in [4.69, 9.17) is 10.5 Å². The molecule has 0 radical (unpaired) electrons. The summed E-state index contributed by atoms with van der Waals surface area (Å²) in [5.41, 5.74) is 9.55. The smallest absolute Gasteiger partial charge is 0.267 e. The Morgan fingerprint density at radius 2 is 2.00 bits per heavy atom. The van der Waals surface area contributed by atoms with Crippen molar-refractivity contribution in [2.75, 3.05) is 7.11 Å². The van der Waals surface area contributed by atoms with Gasteiger partial charge in [-0.3, -0.25) is 14.2 Å². The normalized spacial score (nSPS) is 10.8. The van der Waals surface area contributed by atoms with E-state index in [2.05, 4.69) is 15.0 Å². The fraction of sp³-hybridized carbons (Fsp3) is 0.0526. The maximum atomic E-state index is 11.6. The van der Waals surface area contributed by atoms with Crippen LogP contribution in [-0.2, 0) is 0 Å². The number of aromatic nitrogens is 4. The Labute approximate surface area is 149 Å². The number of methoxy groups -OCH3 is 1. The highest BCUT2D eigenvalue weighted by Crippen LogP contribution is 2.30. The molecule has 0 unspecified atom stereocenters. The molecular formula is C19H15N5O2. The van der Waals surface area contributed by atoms with Gasteiger partial charge in [0.25, 0.3) is 5.91 Å². The van der Waals surface area contributed by atoms with Crippen LogP contribution in [0.1, 0.15) is 10.5 Å². The first-order valence-electron chi connectivity index (χ1n) is 7.91. The van der Waals surface area contributed by atoms with Crippen molar-refractivity contribution in [2.45, 2.75) is 0 Å². The average Bonchev–Trinajstić information content (AvgIpc) is 3.11. The lowest BCUT2D eigenvalue weighted by Crippen LogP contribution is -2.13. The van der Waals surface area contributed by atoms with E-state index in [1.807, 2.05) is 42.6 Å². The van der Waals surface area contributed by atoms with Crippen LogP contribution in [0.25, 0.3) is 28.2 Å². The molecule has 4 aromatic heterocycles. The molecule has 0 fully saturated rings. The largest absolute Gasteiger partial charge is 0.481 e. The summed E-state index contributed by atoms with van der Waals surface area (Å²) in [7, 11) is 1.57. The van der Waals surface area contributed by atoms with Crippen molar-refractivity contribution in [1.29, 1.82) is 0 Å². The summed E-state index contributed by atoms with van der Waals surface area (Å²) in [4.78, 5) is 24.8. The van der Waals surface area contributed by atoms with Crippen molar-refractivity contribution in [1.82, 2.24) is 19.4 Å². The minimum atomic E-state index is -0.532. The zero-order valence-corrected chi connectivity index (χ0v) is 14.0. The molecule has 0 bridgehead atoms. The molecule has 4 aromatic rings. The van der Waals surface area contributed by atoms with Gasteiger partial charge in [-0.1, -0.05) is 12.1 Å². The quantitative estimate of drug-likeness (QED) is 0.613. The molecule has 0 atom stereocenters. The van der Waals surface area contributed by atoms with E-state index in [-0.39, 0.29) is 0 Å². The SMILES string of the molecule is COc1cccc(-c2ncccc2-c2ccc3ncc(C(N)=O)n3c2)n1. The van der Waals surface area contributed by atoms with Crippen LogP contribution in [0.5, 0.6) is 5.88 Å². The second kappa shape index (κ2) is 6.29. The molecule has 7 nitrogen and oxygen atoms in total. The molecule has 0 aliphatic heterocycles. The standard InChI is InChI=1S/C19H15N5O2/c1-26-17-6-2-5-14(23-17)18-13(4-3-9-21-18)12-7-8-16-22-10-15(19(20)25)24(16)11-12/h2-11H,1H3,(H2,20,25). The number of rotatable bonds is 4. The van der Waals surface area contributed by atoms with Crippen LogP contribution >= 0.6 is 0 Å². The van der Waals surface area contributed by atoms with E-state index in [1.165, 1.54) is 6.20 Å². The first-order chi connectivity index (χ1) is 12.7. The zero-order valence-electron chi connectivity index (χ0n) is 14.0. The molecule has 0 aliphatic rings. The topological polar surface area (TPSA) is 95.4 Å². The highest BCUT2D eigenvalue weighted by molar-refractivity contribution is 5.92. The van der Waals surface area contributed by atoms with Crippen molar-refractivity contribution < 1.29 is 9.53 Å². The van der Waals surface area contributed by atoms with Crippen molar-refractivity contribution in [3.8, 4) is 28.4 Å². The van der Waals surface area contributed by atoms with Crippen molar-refractivity contribution in [3.05, 3.63) is 66.7 Å². The maximum Gasteiger partial charge on any atom is 0.267 e. The molecule has 4 heterocycles. The highest BCUT2D eigenvalue weighted by Gasteiger charge is 2.13. The van der Waals surface area contributed by atoms with Gasteiger partial charge >= 0.3 is 0 Å². The first-order valence-corrected chi connectivity index (χ1v) is 7.91. The molecule has 0 aliphatic carbocycles. The summed E-state index contributed by atoms with van der Waals surface area (Å²) in [6.45, 7) is 0. The summed E-state index contributed by atoms with van der Waals surface area (Å²) in [6.07, 6.45) is 5.00. The Bertz CT molecular complexity index is 1120. The van der Waals surface area contributed by atoms with E-state index in [0.717, 1.165) is 11.1 Å². The molecule has 0 saturated heterocycles. The van der Waals surface area contributed by atoms with Gasteiger partial charge in [-0.2, -0.15) is 0 Å². The Morgan fingerprint density at radius 1 is 1.12 bits per heavy atom. The molecular weight excluding hydrogens is 330 g/mol. The second-order valence-electron chi connectivity index (χ2n) is 5.62. The number of nitrogens with zero attached hydrogens (tertiary/aromatic N) is 4. The van der Waals surface area contributed by atoms with Crippen molar-refractivity contribution >= 4 is 11.6 Å². The third-order valence-electron chi connectivity index (χ3n) is 4.05. The molecule has 2 N–H and O–H groups in total. The summed E-state index contributed by atoms with van der Waals surface area (Å²) in [5.74, 6) is -0.0179. The van der Waals surface area contributed by atoms with E-state index in [9.17, 15) is 4.79 Å². The molecule has 128 valence electrons. The van der Waals surface area contributed by atoms with Gasteiger partial charge in [-0.05, 0) is 24.3 Å². The number of pyridine rings is 3. The fourth-order valence-electron chi connectivity index (χ4n) is 2.82. The molecule has 4 rings (SSSR count). The number of ether oxygens (including phenoxy) is 1. The number of carbonyl (C=O) groups is 1. The summed E-state index contributed by atoms with van der Waals surface area (Å²) < 4.78 is 6.88. The number of nitrogens with two attached hydrogens (primary N) is 1. The number of primary amides is 1. The average molecular weight is 345 g/mol. The molecule has 1 amide bonds. The zero-order chi connectivity index (χ0) is 18.1. The van der Waals surface area contributed by atoms with E-state index in [1.54, 1.807) is 23.8 Å². The minimum Gasteiger partial charge on any atom is -0.481 e. The number of amides is 1. The van der Waals surface area contributed by atoms with Crippen LogP contribution in [0.2, 0.25) is 0 Å². The van der Waals surface area contributed by atoms with E-state index >= 15 is 0 Å². The third-order valence-corrected chi connectivity index (χ3v) is 4.05. The lowest BCUT2D eigenvalue weighted by Gasteiger charge is -2.10. The summed E-state index contributed by atoms with van der Waals surface area (Å²) >= 11 is 0.